The zero-order valence-corrected chi connectivity index (χ0v) is 14.3. The Hall–Kier alpha value is -1.48. The van der Waals surface area contributed by atoms with E-state index in [1.165, 1.54) is 11.0 Å². The summed E-state index contributed by atoms with van der Waals surface area (Å²) in [6.45, 7) is 1.92. The third kappa shape index (κ3) is 4.32. The Bertz CT molecular complexity index is 737. The van der Waals surface area contributed by atoms with Crippen molar-refractivity contribution in [2.45, 2.75) is 25.6 Å². The summed E-state index contributed by atoms with van der Waals surface area (Å²) in [4.78, 5) is 13.6. The van der Waals surface area contributed by atoms with Gasteiger partial charge in [0.15, 0.2) is 9.84 Å². The summed E-state index contributed by atoms with van der Waals surface area (Å²) >= 11 is 5.53. The van der Waals surface area contributed by atoms with E-state index in [1.54, 1.807) is 6.92 Å². The Kier molecular flexibility index (Phi) is 5.34. The fourth-order valence-corrected chi connectivity index (χ4v) is 4.56. The van der Waals surface area contributed by atoms with Gasteiger partial charge in [-0.15, -0.1) is 0 Å². The van der Waals surface area contributed by atoms with Crippen molar-refractivity contribution in [2.24, 2.45) is 0 Å². The lowest BCUT2D eigenvalue weighted by molar-refractivity contribution is -0.137. The molecule has 2 rings (SSSR count). The highest BCUT2D eigenvalue weighted by atomic mass is 35.5. The number of urea groups is 1. The topological polar surface area (TPSA) is 66.5 Å². The van der Waals surface area contributed by atoms with E-state index in [2.05, 4.69) is 5.32 Å². The number of sulfone groups is 1. The number of amides is 2. The molecule has 0 aliphatic carbocycles. The maximum atomic E-state index is 12.8. The second kappa shape index (κ2) is 6.79. The van der Waals surface area contributed by atoms with Gasteiger partial charge in [0.05, 0.1) is 22.1 Å². The van der Waals surface area contributed by atoms with Crippen LogP contribution in [-0.4, -0.2) is 43.4 Å². The molecular formula is C14H16ClF3N2O3S. The molecule has 0 bridgehead atoms. The summed E-state index contributed by atoms with van der Waals surface area (Å²) in [5.74, 6) is -0.136. The van der Waals surface area contributed by atoms with Crippen LogP contribution in [-0.2, 0) is 16.0 Å². The summed E-state index contributed by atoms with van der Waals surface area (Å²) in [6.07, 6.45) is -4.32. The standard InChI is InChI=1S/C14H16ClF3N2O3S/c1-2-20(10-5-6-24(22,23)8-10)13(21)19-9-3-4-12(15)11(7-9)14(16,17)18/h3-4,7,10H,2,5-6,8H2,1H3,(H,19,21). The van der Waals surface area contributed by atoms with E-state index in [0.29, 0.717) is 6.42 Å². The zero-order chi connectivity index (χ0) is 18.1. The van der Waals surface area contributed by atoms with E-state index in [1.807, 2.05) is 0 Å². The van der Waals surface area contributed by atoms with Crippen molar-refractivity contribution in [3.63, 3.8) is 0 Å². The number of anilines is 1. The van der Waals surface area contributed by atoms with Gasteiger partial charge in [-0.2, -0.15) is 13.2 Å². The lowest BCUT2D eigenvalue weighted by Gasteiger charge is -2.27. The van der Waals surface area contributed by atoms with Gasteiger partial charge in [-0.1, -0.05) is 11.6 Å². The van der Waals surface area contributed by atoms with Crippen LogP contribution in [0.2, 0.25) is 5.02 Å². The van der Waals surface area contributed by atoms with E-state index in [9.17, 15) is 26.4 Å². The molecule has 0 spiro atoms. The average molecular weight is 385 g/mol. The molecule has 1 aromatic carbocycles. The molecule has 2 amide bonds. The molecule has 1 aliphatic heterocycles. The van der Waals surface area contributed by atoms with Crippen LogP contribution in [0.15, 0.2) is 18.2 Å². The Morgan fingerprint density at radius 3 is 2.58 bits per heavy atom. The largest absolute Gasteiger partial charge is 0.417 e. The molecule has 24 heavy (non-hydrogen) atoms. The summed E-state index contributed by atoms with van der Waals surface area (Å²) in [7, 11) is -3.18. The average Bonchev–Trinajstić information content (AvgIpc) is 2.80. The van der Waals surface area contributed by atoms with E-state index in [4.69, 9.17) is 11.6 Å². The van der Waals surface area contributed by atoms with Gasteiger partial charge in [0.25, 0.3) is 0 Å². The third-order valence-corrected chi connectivity index (χ3v) is 5.85. The van der Waals surface area contributed by atoms with Gasteiger partial charge in [0, 0.05) is 18.3 Å². The van der Waals surface area contributed by atoms with Gasteiger partial charge in [0.1, 0.15) is 0 Å². The van der Waals surface area contributed by atoms with Crippen LogP contribution in [0, 0.1) is 0 Å². The molecule has 1 N–H and O–H groups in total. The molecule has 1 atom stereocenters. The molecule has 0 aromatic heterocycles. The molecule has 1 unspecified atom stereocenters. The molecule has 10 heteroatoms. The molecule has 134 valence electrons. The predicted octanol–water partition coefficient (Wildman–Crippen LogP) is 3.40. The minimum absolute atomic E-state index is 0.000609. The first-order valence-corrected chi connectivity index (χ1v) is 9.38. The Balaban J connectivity index is 2.16. The Labute approximate surface area is 142 Å². The minimum Gasteiger partial charge on any atom is -0.321 e. The summed E-state index contributed by atoms with van der Waals surface area (Å²) in [5.41, 5.74) is -1.11. The Morgan fingerprint density at radius 1 is 1.42 bits per heavy atom. The maximum absolute atomic E-state index is 12.8. The smallest absolute Gasteiger partial charge is 0.321 e. The van der Waals surface area contributed by atoms with E-state index in [0.717, 1.165) is 12.1 Å². The molecule has 1 aliphatic rings. The monoisotopic (exact) mass is 384 g/mol. The van der Waals surface area contributed by atoms with Gasteiger partial charge < -0.3 is 10.2 Å². The predicted molar refractivity (Wildman–Crippen MR) is 84.9 cm³/mol. The van der Waals surface area contributed by atoms with Gasteiger partial charge in [-0.05, 0) is 31.5 Å². The molecule has 1 aromatic rings. The first kappa shape index (κ1) is 18.9. The highest BCUT2D eigenvalue weighted by molar-refractivity contribution is 7.91. The molecule has 5 nitrogen and oxygen atoms in total. The van der Waals surface area contributed by atoms with Crippen molar-refractivity contribution in [1.29, 1.82) is 0 Å². The van der Waals surface area contributed by atoms with E-state index in [-0.39, 0.29) is 23.7 Å². The van der Waals surface area contributed by atoms with Crippen LogP contribution in [0.25, 0.3) is 0 Å². The van der Waals surface area contributed by atoms with E-state index < -0.39 is 38.7 Å². The number of alkyl halides is 3. The number of carbonyl (C=O) groups is 1. The number of halogens is 4. The van der Waals surface area contributed by atoms with Gasteiger partial charge in [-0.25, -0.2) is 13.2 Å². The first-order chi connectivity index (χ1) is 11.0. The lowest BCUT2D eigenvalue weighted by atomic mass is 10.2. The molecule has 0 radical (unpaired) electrons. The Morgan fingerprint density at radius 2 is 2.08 bits per heavy atom. The zero-order valence-electron chi connectivity index (χ0n) is 12.7. The van der Waals surface area contributed by atoms with Crippen molar-refractivity contribution in [1.82, 2.24) is 4.90 Å². The number of nitrogens with zero attached hydrogens (tertiary/aromatic N) is 1. The van der Waals surface area contributed by atoms with Crippen molar-refractivity contribution in [2.75, 3.05) is 23.4 Å². The number of nitrogens with one attached hydrogen (secondary N) is 1. The summed E-state index contributed by atoms with van der Waals surface area (Å²) in [6, 6.07) is 1.94. The number of rotatable bonds is 3. The van der Waals surface area contributed by atoms with Crippen molar-refractivity contribution >= 4 is 33.2 Å². The maximum Gasteiger partial charge on any atom is 0.417 e. The summed E-state index contributed by atoms with van der Waals surface area (Å²) < 4.78 is 61.6. The number of hydrogen-bond donors (Lipinski definition) is 1. The lowest BCUT2D eigenvalue weighted by Crippen LogP contribution is -2.43. The van der Waals surface area contributed by atoms with Crippen LogP contribution < -0.4 is 5.32 Å². The second-order valence-electron chi connectivity index (χ2n) is 5.47. The second-order valence-corrected chi connectivity index (χ2v) is 8.10. The molecule has 1 fully saturated rings. The summed E-state index contributed by atoms with van der Waals surface area (Å²) in [5, 5.41) is 1.91. The quantitative estimate of drug-likeness (QED) is 0.868. The molecular weight excluding hydrogens is 369 g/mol. The van der Waals surface area contributed by atoms with Gasteiger partial charge in [-0.3, -0.25) is 0 Å². The van der Waals surface area contributed by atoms with Gasteiger partial charge >= 0.3 is 12.2 Å². The normalized spacial score (nSPS) is 20.0. The van der Waals surface area contributed by atoms with Crippen LogP contribution in [0.4, 0.5) is 23.7 Å². The highest BCUT2D eigenvalue weighted by Crippen LogP contribution is 2.36. The van der Waals surface area contributed by atoms with Crippen molar-refractivity contribution < 1.29 is 26.4 Å². The first-order valence-electron chi connectivity index (χ1n) is 7.18. The minimum atomic E-state index is -4.64. The number of carbonyl (C=O) groups excluding carboxylic acids is 1. The van der Waals surface area contributed by atoms with Crippen molar-refractivity contribution in [3.8, 4) is 0 Å². The highest BCUT2D eigenvalue weighted by Gasteiger charge is 2.35. The third-order valence-electron chi connectivity index (χ3n) is 3.77. The molecule has 1 saturated heterocycles. The van der Waals surface area contributed by atoms with Crippen LogP contribution in [0.5, 0.6) is 0 Å². The van der Waals surface area contributed by atoms with Crippen molar-refractivity contribution in [3.05, 3.63) is 28.8 Å². The fraction of sp³-hybridized carbons (Fsp3) is 0.500. The van der Waals surface area contributed by atoms with Crippen LogP contribution in [0.3, 0.4) is 0 Å². The van der Waals surface area contributed by atoms with Gasteiger partial charge in [0.2, 0.25) is 0 Å². The number of hydrogen-bond acceptors (Lipinski definition) is 3. The van der Waals surface area contributed by atoms with Crippen LogP contribution in [0.1, 0.15) is 18.9 Å². The SMILES string of the molecule is CCN(C(=O)Nc1ccc(Cl)c(C(F)(F)F)c1)C1CCS(=O)(=O)C1. The van der Waals surface area contributed by atoms with E-state index >= 15 is 0 Å². The number of benzene rings is 1. The molecule has 0 saturated carbocycles. The fourth-order valence-electron chi connectivity index (χ4n) is 2.60. The molecule has 1 heterocycles. The van der Waals surface area contributed by atoms with Crippen LogP contribution >= 0.6 is 11.6 Å².